The van der Waals surface area contributed by atoms with Crippen molar-refractivity contribution in [1.29, 1.82) is 0 Å². The maximum absolute atomic E-state index is 9.48. The number of rotatable bonds is 6. The molecule has 0 heteroatoms. The summed E-state index contributed by atoms with van der Waals surface area (Å²) in [7, 11) is 0. The summed E-state index contributed by atoms with van der Waals surface area (Å²) in [5.74, 6) is 0. The van der Waals surface area contributed by atoms with Gasteiger partial charge >= 0.3 is 0 Å². The van der Waals surface area contributed by atoms with E-state index in [4.69, 9.17) is 16.4 Å². The Morgan fingerprint density at radius 3 is 1.15 bits per heavy atom. The molecule has 0 unspecified atom stereocenters. The third kappa shape index (κ3) is 7.76. The van der Waals surface area contributed by atoms with Crippen molar-refractivity contribution in [3.05, 3.63) is 315 Å². The molecule has 0 amide bonds. The molecule has 0 aliphatic carbocycles. The lowest BCUT2D eigenvalue weighted by Crippen LogP contribution is -1.91. The van der Waals surface area contributed by atoms with Gasteiger partial charge in [0.25, 0.3) is 0 Å². The molecule has 18 aromatic rings. The Balaban J connectivity index is 0.000000166. The predicted octanol–water partition coefficient (Wildman–Crippen LogP) is 23.8. The second-order valence-electron chi connectivity index (χ2n) is 21.2. The average Bonchev–Trinajstić information content (AvgIpc) is 0.692. The first-order valence-electron chi connectivity index (χ1n) is 36.8. The highest BCUT2D eigenvalue weighted by Crippen LogP contribution is 2.47. The molecule has 0 radical (unpaired) electrons. The number of fused-ring (bicyclic) bond motifs is 4. The number of benzene rings is 18. The largest absolute Gasteiger partial charge is 0.0630 e. The molecule has 0 aromatic heterocycles. The first kappa shape index (κ1) is 33.1. The van der Waals surface area contributed by atoms with Gasteiger partial charge in [0.05, 0.1) is 24.7 Å². The molecule has 18 aromatic carbocycles. The molecule has 0 saturated heterocycles. The third-order valence-corrected chi connectivity index (χ3v) is 16.5. The molecule has 0 aliphatic heterocycles. The molecule has 0 N–H and O–H groups in total. The van der Waals surface area contributed by atoms with Crippen LogP contribution >= 0.6 is 0 Å². The van der Waals surface area contributed by atoms with E-state index in [1.54, 1.807) is 42.5 Å². The molecule has 0 aliphatic rings. The molecule has 0 saturated carbocycles. The second-order valence-corrected chi connectivity index (χ2v) is 21.2. The van der Waals surface area contributed by atoms with E-state index < -0.39 is 109 Å². The Hall–Kier alpha value is -10.9. The molecule has 0 fully saturated rings. The van der Waals surface area contributed by atoms with Crippen molar-refractivity contribution in [2.45, 2.75) is 0 Å². The molecule has 0 nitrogen and oxygen atoms in total. The zero-order valence-corrected chi connectivity index (χ0v) is 44.6. The van der Waals surface area contributed by atoms with Gasteiger partial charge in [-0.1, -0.05) is 291 Å². The first-order chi connectivity index (χ1) is 49.2. The molecule has 0 spiro atoms. The van der Waals surface area contributed by atoms with Crippen LogP contribution in [-0.2, 0) is 0 Å². The number of hydrogen-bond donors (Lipinski definition) is 0. The second kappa shape index (κ2) is 19.4. The highest BCUT2D eigenvalue weighted by Gasteiger charge is 2.20. The summed E-state index contributed by atoms with van der Waals surface area (Å²) in [6, 6.07) is 61.6. The van der Waals surface area contributed by atoms with Gasteiger partial charge in [-0.05, 0) is 199 Å². The van der Waals surface area contributed by atoms with E-state index in [1.165, 1.54) is 82.5 Å². The Morgan fingerprint density at radius 1 is 0.179 bits per heavy atom. The Bertz CT molecular complexity index is 6380. The summed E-state index contributed by atoms with van der Waals surface area (Å²) in [6.45, 7) is 0. The Kier molecular flexibility index (Phi) is 7.64. The third-order valence-electron chi connectivity index (χ3n) is 16.5. The lowest BCUT2D eigenvalue weighted by Gasteiger charge is -2.19. The van der Waals surface area contributed by atoms with E-state index >= 15 is 0 Å². The molecular weight excluding hydrogens is 1010 g/mol. The van der Waals surface area contributed by atoms with Crippen LogP contribution in [0.4, 0.5) is 0 Å². The lowest BCUT2D eigenvalue weighted by molar-refractivity contribution is 1.59. The van der Waals surface area contributed by atoms with Gasteiger partial charge in [-0.2, -0.15) is 0 Å². The molecular formula is C84H52. The highest BCUT2D eigenvalue weighted by molar-refractivity contribution is 6.28. The zero-order valence-electron chi connectivity index (χ0n) is 62.6. The normalized spacial score (nSPS) is 14.8. The van der Waals surface area contributed by atoms with Crippen molar-refractivity contribution in [3.8, 4) is 66.8 Å². The van der Waals surface area contributed by atoms with Crippen LogP contribution in [0, 0.1) is 0 Å². The Morgan fingerprint density at radius 2 is 0.583 bits per heavy atom. The maximum Gasteiger partial charge on any atom is 0.0630 e. The van der Waals surface area contributed by atoms with Crippen molar-refractivity contribution < 1.29 is 24.7 Å². The minimum absolute atomic E-state index is 0.00774. The van der Waals surface area contributed by atoms with Crippen LogP contribution < -0.4 is 0 Å². The topological polar surface area (TPSA) is 0 Å². The van der Waals surface area contributed by atoms with Crippen LogP contribution in [0.1, 0.15) is 24.7 Å². The van der Waals surface area contributed by atoms with Crippen molar-refractivity contribution in [1.82, 2.24) is 0 Å². The first-order valence-corrected chi connectivity index (χ1v) is 27.8. The average molecular weight is 1080 g/mol. The SMILES string of the molecule is [2H]c1c([2H])c2c([2H])c([2H])c3c([2H])c([2H])c(-c4cc(-c5ccccc5)cc(-c5c([2H])c([2H])c6c([2H])c([2H])c7c([2H])c([2H])c([2H])c8c([2H])c([2H])c5c6c78)c4)c4c([2H])c([2H])c(c1[2H])c2c34.c1ccc2cc(-c3ccc(-c4c5ccccc5c(-c5cccc6ccccc56)c5ccccc45)cc3)ccc2c1. The zero-order chi connectivity index (χ0) is 70.9. The van der Waals surface area contributed by atoms with Gasteiger partial charge in [-0.3, -0.25) is 0 Å². The minimum atomic E-state index is -0.600. The number of hydrogen-bond acceptors (Lipinski definition) is 0. The molecule has 84 heavy (non-hydrogen) atoms. The molecule has 0 bridgehead atoms. The van der Waals surface area contributed by atoms with Gasteiger partial charge in [0.1, 0.15) is 0 Å². The summed E-state index contributed by atoms with van der Waals surface area (Å²) in [5, 5.41) is 8.69. The quantitative estimate of drug-likeness (QED) is 0.115. The van der Waals surface area contributed by atoms with Crippen molar-refractivity contribution in [2.24, 2.45) is 0 Å². The van der Waals surface area contributed by atoms with Crippen LogP contribution in [0.5, 0.6) is 0 Å². The minimum Gasteiger partial charge on any atom is -0.0622 e. The summed E-state index contributed by atoms with van der Waals surface area (Å²) >= 11 is 0. The highest BCUT2D eigenvalue weighted by atomic mass is 14.2. The van der Waals surface area contributed by atoms with E-state index in [2.05, 4.69) is 158 Å². The van der Waals surface area contributed by atoms with Crippen molar-refractivity contribution in [3.63, 3.8) is 0 Å². The molecule has 18 rings (SSSR count). The van der Waals surface area contributed by atoms with Crippen molar-refractivity contribution >= 4 is 108 Å². The van der Waals surface area contributed by atoms with E-state index in [1.807, 2.05) is 0 Å². The monoisotopic (exact) mass is 1080 g/mol. The van der Waals surface area contributed by atoms with Gasteiger partial charge in [0, 0.05) is 0 Å². The van der Waals surface area contributed by atoms with Gasteiger partial charge in [0.15, 0.2) is 0 Å². The lowest BCUT2D eigenvalue weighted by atomic mass is 9.84. The fourth-order valence-corrected chi connectivity index (χ4v) is 12.6. The molecule has 388 valence electrons. The van der Waals surface area contributed by atoms with Gasteiger partial charge in [0.2, 0.25) is 0 Å². The van der Waals surface area contributed by atoms with Crippen LogP contribution in [0.15, 0.2) is 315 Å². The summed E-state index contributed by atoms with van der Waals surface area (Å²) in [6.07, 6.45) is 0. The van der Waals surface area contributed by atoms with Gasteiger partial charge in [-0.15, -0.1) is 0 Å². The van der Waals surface area contributed by atoms with Gasteiger partial charge in [-0.25, -0.2) is 0 Å². The fourth-order valence-electron chi connectivity index (χ4n) is 12.6. The van der Waals surface area contributed by atoms with Crippen LogP contribution in [-0.4, -0.2) is 0 Å². The van der Waals surface area contributed by atoms with Crippen LogP contribution in [0.3, 0.4) is 0 Å². The van der Waals surface area contributed by atoms with E-state index in [0.29, 0.717) is 11.1 Å². The maximum atomic E-state index is 9.48. The summed E-state index contributed by atoms with van der Waals surface area (Å²) in [4.78, 5) is 0. The standard InChI is InChI=1S/C44H26.C40H26/c1-2-6-27(7-3-1)34-24-35(37-20-16-32-14-12-28-8-4-10-30-18-22-39(37)43(32)41(28)30)26-36(25-34)38-21-17-33-15-13-29-9-5-11-31-19-23-40(38)44(33)42(29)31;1-2-12-31-26-32(25-22-27(31)10-1)28-20-23-30(24-21-28)39-35-15-5-7-17-37(35)40(38-18-8-6-16-36(38)39)34-19-9-13-29-11-3-4-14-33(29)34/h1-26H;1-26H/i4D,5D,8D,9D,10D,11D,12D,13D,14D,15D,16D,17D,18D,19D,20D,21D,22D,23D;. The molecule has 0 heterocycles. The summed E-state index contributed by atoms with van der Waals surface area (Å²) < 4.78 is 162. The smallest absolute Gasteiger partial charge is 0.0622 e. The fraction of sp³-hybridized carbons (Fsp3) is 0. The van der Waals surface area contributed by atoms with Crippen LogP contribution in [0.2, 0.25) is 0 Å². The van der Waals surface area contributed by atoms with Crippen LogP contribution in [0.25, 0.3) is 174 Å². The summed E-state index contributed by atoms with van der Waals surface area (Å²) in [5.41, 5.74) is 8.78. The predicted molar refractivity (Wildman–Crippen MR) is 363 cm³/mol. The van der Waals surface area contributed by atoms with Gasteiger partial charge < -0.3 is 0 Å². The van der Waals surface area contributed by atoms with E-state index in [9.17, 15) is 8.22 Å². The van der Waals surface area contributed by atoms with E-state index in [0.717, 1.165) is 0 Å². The Labute approximate surface area is 512 Å². The molecule has 0 atom stereocenters. The van der Waals surface area contributed by atoms with Crippen molar-refractivity contribution in [2.75, 3.05) is 0 Å². The van der Waals surface area contributed by atoms with E-state index in [-0.39, 0.29) is 86.9 Å².